The molecule has 148 valence electrons. The standard InChI is InChI=1S/C21H24N2O5/c1-4-22-21(26)15-6-5-7-17(11-15)23-19(24)13-28-20(25)12-16-10-14(2)8-9-18(16)27-3/h5-11H,4,12-13H2,1-3H3,(H,22,26)(H,23,24). The number of hydrogen-bond donors (Lipinski definition) is 2. The smallest absolute Gasteiger partial charge is 0.310 e. The highest BCUT2D eigenvalue weighted by Gasteiger charge is 2.13. The fourth-order valence-electron chi connectivity index (χ4n) is 2.60. The summed E-state index contributed by atoms with van der Waals surface area (Å²) in [4.78, 5) is 35.9. The summed E-state index contributed by atoms with van der Waals surface area (Å²) in [7, 11) is 1.53. The van der Waals surface area contributed by atoms with E-state index in [-0.39, 0.29) is 12.3 Å². The van der Waals surface area contributed by atoms with E-state index < -0.39 is 18.5 Å². The maximum absolute atomic E-state index is 12.1. The number of methoxy groups -OCH3 is 1. The maximum atomic E-state index is 12.1. The van der Waals surface area contributed by atoms with Gasteiger partial charge in [-0.3, -0.25) is 14.4 Å². The zero-order chi connectivity index (χ0) is 20.5. The first-order valence-electron chi connectivity index (χ1n) is 8.90. The first-order valence-corrected chi connectivity index (χ1v) is 8.90. The third-order valence-electron chi connectivity index (χ3n) is 3.88. The summed E-state index contributed by atoms with van der Waals surface area (Å²) in [6.07, 6.45) is 0.00477. The van der Waals surface area contributed by atoms with Gasteiger partial charge >= 0.3 is 5.97 Å². The lowest BCUT2D eigenvalue weighted by Gasteiger charge is -2.10. The van der Waals surface area contributed by atoms with Crippen LogP contribution in [0.2, 0.25) is 0 Å². The van der Waals surface area contributed by atoms with Crippen LogP contribution in [0.25, 0.3) is 0 Å². The minimum atomic E-state index is -0.532. The fourth-order valence-corrected chi connectivity index (χ4v) is 2.60. The lowest BCUT2D eigenvalue weighted by Crippen LogP contribution is -2.24. The van der Waals surface area contributed by atoms with Gasteiger partial charge in [-0.15, -0.1) is 0 Å². The molecule has 28 heavy (non-hydrogen) atoms. The van der Waals surface area contributed by atoms with Crippen molar-refractivity contribution in [1.29, 1.82) is 0 Å². The Balaban J connectivity index is 1.89. The Labute approximate surface area is 164 Å². The highest BCUT2D eigenvalue weighted by atomic mass is 16.5. The van der Waals surface area contributed by atoms with E-state index in [9.17, 15) is 14.4 Å². The van der Waals surface area contributed by atoms with Crippen LogP contribution in [0.15, 0.2) is 42.5 Å². The molecular formula is C21H24N2O5. The Bertz CT molecular complexity index is 864. The maximum Gasteiger partial charge on any atom is 0.310 e. The van der Waals surface area contributed by atoms with E-state index in [1.165, 1.54) is 7.11 Å². The number of benzene rings is 2. The second-order valence-electron chi connectivity index (χ2n) is 6.14. The highest BCUT2D eigenvalue weighted by Crippen LogP contribution is 2.20. The molecule has 0 fully saturated rings. The number of hydrogen-bond acceptors (Lipinski definition) is 5. The molecule has 0 unspecified atom stereocenters. The van der Waals surface area contributed by atoms with Crippen molar-refractivity contribution < 1.29 is 23.9 Å². The van der Waals surface area contributed by atoms with Crippen LogP contribution in [0.5, 0.6) is 5.75 Å². The first kappa shape index (κ1) is 21.0. The molecule has 7 nitrogen and oxygen atoms in total. The van der Waals surface area contributed by atoms with Gasteiger partial charge < -0.3 is 20.1 Å². The molecule has 2 amide bonds. The van der Waals surface area contributed by atoms with Crippen molar-refractivity contribution in [1.82, 2.24) is 5.32 Å². The average Bonchev–Trinajstić information content (AvgIpc) is 2.67. The number of nitrogens with one attached hydrogen (secondary N) is 2. The summed E-state index contributed by atoms with van der Waals surface area (Å²) in [5, 5.41) is 5.30. The number of amides is 2. The van der Waals surface area contributed by atoms with E-state index in [1.54, 1.807) is 30.3 Å². The Morgan fingerprint density at radius 3 is 2.57 bits per heavy atom. The number of aryl methyl sites for hydroxylation is 1. The topological polar surface area (TPSA) is 93.7 Å². The SMILES string of the molecule is CCNC(=O)c1cccc(NC(=O)COC(=O)Cc2cc(C)ccc2OC)c1. The Hall–Kier alpha value is -3.35. The number of ether oxygens (including phenoxy) is 2. The van der Waals surface area contributed by atoms with Gasteiger partial charge in [-0.2, -0.15) is 0 Å². The van der Waals surface area contributed by atoms with Gasteiger partial charge in [0.1, 0.15) is 5.75 Å². The summed E-state index contributed by atoms with van der Waals surface area (Å²) < 4.78 is 10.3. The van der Waals surface area contributed by atoms with Crippen LogP contribution in [-0.2, 0) is 20.7 Å². The molecule has 0 spiro atoms. The van der Waals surface area contributed by atoms with Gasteiger partial charge in [-0.25, -0.2) is 0 Å². The van der Waals surface area contributed by atoms with Gasteiger partial charge in [0.15, 0.2) is 6.61 Å². The van der Waals surface area contributed by atoms with Crippen molar-refractivity contribution in [3.63, 3.8) is 0 Å². The van der Waals surface area contributed by atoms with E-state index in [4.69, 9.17) is 9.47 Å². The molecule has 2 aromatic rings. The van der Waals surface area contributed by atoms with E-state index in [0.29, 0.717) is 29.1 Å². The second kappa shape index (κ2) is 10.1. The van der Waals surface area contributed by atoms with Crippen LogP contribution in [0.1, 0.15) is 28.4 Å². The molecule has 0 heterocycles. The van der Waals surface area contributed by atoms with Crippen LogP contribution in [0.4, 0.5) is 5.69 Å². The summed E-state index contributed by atoms with van der Waals surface area (Å²) >= 11 is 0. The van der Waals surface area contributed by atoms with Crippen molar-refractivity contribution in [3.05, 3.63) is 59.2 Å². The Morgan fingerprint density at radius 1 is 1.07 bits per heavy atom. The summed E-state index contributed by atoms with van der Waals surface area (Å²) in [5.41, 5.74) is 2.57. The number of esters is 1. The molecule has 0 aliphatic carbocycles. The zero-order valence-electron chi connectivity index (χ0n) is 16.2. The largest absolute Gasteiger partial charge is 0.496 e. The highest BCUT2D eigenvalue weighted by molar-refractivity contribution is 5.97. The van der Waals surface area contributed by atoms with E-state index in [2.05, 4.69) is 10.6 Å². The molecule has 2 N–H and O–H groups in total. The molecule has 2 rings (SSSR count). The van der Waals surface area contributed by atoms with Gasteiger partial charge in [0.25, 0.3) is 11.8 Å². The Kier molecular flexibility index (Phi) is 7.56. The molecular weight excluding hydrogens is 360 g/mol. The predicted molar refractivity (Wildman–Crippen MR) is 105 cm³/mol. The molecule has 0 bridgehead atoms. The molecule has 0 atom stereocenters. The lowest BCUT2D eigenvalue weighted by atomic mass is 10.1. The van der Waals surface area contributed by atoms with Crippen LogP contribution in [-0.4, -0.2) is 38.0 Å². The molecule has 7 heteroatoms. The summed E-state index contributed by atoms with van der Waals surface area (Å²) in [5.74, 6) is -0.654. The van der Waals surface area contributed by atoms with Gasteiger partial charge in [-0.05, 0) is 38.1 Å². The quantitative estimate of drug-likeness (QED) is 0.682. The van der Waals surface area contributed by atoms with Gasteiger partial charge in [0.2, 0.25) is 0 Å². The molecule has 2 aromatic carbocycles. The number of carbonyl (C=O) groups excluding carboxylic acids is 3. The molecule has 0 radical (unpaired) electrons. The second-order valence-corrected chi connectivity index (χ2v) is 6.14. The van der Waals surface area contributed by atoms with Crippen LogP contribution in [0.3, 0.4) is 0 Å². The van der Waals surface area contributed by atoms with Crippen molar-refractivity contribution in [2.45, 2.75) is 20.3 Å². The number of anilines is 1. The summed E-state index contributed by atoms with van der Waals surface area (Å²) in [6.45, 7) is 3.83. The zero-order valence-corrected chi connectivity index (χ0v) is 16.2. The van der Waals surface area contributed by atoms with E-state index >= 15 is 0 Å². The third-order valence-corrected chi connectivity index (χ3v) is 3.88. The monoisotopic (exact) mass is 384 g/mol. The molecule has 0 aliphatic rings. The van der Waals surface area contributed by atoms with Crippen molar-refractivity contribution in [2.24, 2.45) is 0 Å². The molecule has 0 aromatic heterocycles. The fraction of sp³-hybridized carbons (Fsp3) is 0.286. The molecule has 0 aliphatic heterocycles. The first-order chi connectivity index (χ1) is 13.4. The van der Waals surface area contributed by atoms with Gasteiger partial charge in [0, 0.05) is 23.4 Å². The van der Waals surface area contributed by atoms with Gasteiger partial charge in [-0.1, -0.05) is 23.8 Å². The van der Waals surface area contributed by atoms with Gasteiger partial charge in [0.05, 0.1) is 13.5 Å². The van der Waals surface area contributed by atoms with Crippen LogP contribution < -0.4 is 15.4 Å². The van der Waals surface area contributed by atoms with E-state index in [0.717, 1.165) is 5.56 Å². The lowest BCUT2D eigenvalue weighted by molar-refractivity contribution is -0.146. The number of carbonyl (C=O) groups is 3. The van der Waals surface area contributed by atoms with Crippen LogP contribution >= 0.6 is 0 Å². The van der Waals surface area contributed by atoms with E-state index in [1.807, 2.05) is 26.0 Å². The average molecular weight is 384 g/mol. The van der Waals surface area contributed by atoms with Crippen LogP contribution in [0, 0.1) is 6.92 Å². The Morgan fingerprint density at radius 2 is 1.86 bits per heavy atom. The summed E-state index contributed by atoms with van der Waals surface area (Å²) in [6, 6.07) is 12.0. The molecule has 0 saturated carbocycles. The number of rotatable bonds is 8. The van der Waals surface area contributed by atoms with Crippen molar-refractivity contribution in [3.8, 4) is 5.75 Å². The van der Waals surface area contributed by atoms with Crippen molar-refractivity contribution >= 4 is 23.5 Å². The third kappa shape index (κ3) is 6.12. The minimum Gasteiger partial charge on any atom is -0.496 e. The molecule has 0 saturated heterocycles. The normalized spacial score (nSPS) is 10.1. The minimum absolute atomic E-state index is 0.00477. The predicted octanol–water partition coefficient (Wildman–Crippen LogP) is 2.48. The van der Waals surface area contributed by atoms with Crippen molar-refractivity contribution in [2.75, 3.05) is 25.6 Å².